The number of hydrogen-bond acceptors (Lipinski definition) is 2. The highest BCUT2D eigenvalue weighted by molar-refractivity contribution is 6.05. The zero-order valence-corrected chi connectivity index (χ0v) is 12.2. The van der Waals surface area contributed by atoms with Gasteiger partial charge in [-0.1, -0.05) is 19.1 Å². The van der Waals surface area contributed by atoms with Gasteiger partial charge in [0.1, 0.15) is 0 Å². The Morgan fingerprint density at radius 3 is 3.05 bits per heavy atom. The summed E-state index contributed by atoms with van der Waals surface area (Å²) in [6.07, 6.45) is 4.66. The van der Waals surface area contributed by atoms with E-state index in [4.69, 9.17) is 0 Å². The minimum Gasteiger partial charge on any atom is -0.361 e. The van der Waals surface area contributed by atoms with E-state index < -0.39 is 0 Å². The van der Waals surface area contributed by atoms with Crippen molar-refractivity contribution in [3.63, 3.8) is 0 Å². The first-order valence-electron chi connectivity index (χ1n) is 7.04. The Kier molecular flexibility index (Phi) is 3.48. The van der Waals surface area contributed by atoms with Crippen molar-refractivity contribution in [1.82, 2.24) is 20.1 Å². The molecule has 5 nitrogen and oxygen atoms in total. The van der Waals surface area contributed by atoms with Crippen molar-refractivity contribution in [2.45, 2.75) is 19.9 Å². The van der Waals surface area contributed by atoms with Crippen LogP contribution in [-0.2, 0) is 20.0 Å². The number of aryl methyl sites for hydroxylation is 2. The van der Waals surface area contributed by atoms with Gasteiger partial charge in [0.2, 0.25) is 0 Å². The molecule has 3 rings (SSSR count). The van der Waals surface area contributed by atoms with Crippen molar-refractivity contribution in [1.29, 1.82) is 0 Å². The van der Waals surface area contributed by atoms with Gasteiger partial charge in [0, 0.05) is 36.9 Å². The van der Waals surface area contributed by atoms with Crippen molar-refractivity contribution >= 4 is 16.8 Å². The summed E-state index contributed by atoms with van der Waals surface area (Å²) in [7, 11) is 1.89. The standard InChI is InChI=1S/C16H18N4O/c1-3-14-12(10-20(2)19-14)9-18-16(21)13-6-4-5-11-7-8-17-15(11)13/h4-8,10,17H,3,9H2,1-2H3,(H,18,21). The number of nitrogens with one attached hydrogen (secondary N) is 2. The molecule has 0 radical (unpaired) electrons. The van der Waals surface area contributed by atoms with E-state index in [0.717, 1.165) is 28.6 Å². The molecular formula is C16H18N4O. The van der Waals surface area contributed by atoms with Gasteiger partial charge >= 0.3 is 0 Å². The topological polar surface area (TPSA) is 62.7 Å². The first-order valence-corrected chi connectivity index (χ1v) is 7.04. The number of fused-ring (bicyclic) bond motifs is 1. The number of para-hydroxylation sites is 1. The summed E-state index contributed by atoms with van der Waals surface area (Å²) in [4.78, 5) is 15.5. The number of carbonyl (C=O) groups is 1. The summed E-state index contributed by atoms with van der Waals surface area (Å²) in [6, 6.07) is 7.67. The average molecular weight is 282 g/mol. The summed E-state index contributed by atoms with van der Waals surface area (Å²) in [5.74, 6) is -0.0750. The molecular weight excluding hydrogens is 264 g/mol. The van der Waals surface area contributed by atoms with Gasteiger partial charge in [-0.3, -0.25) is 9.48 Å². The number of aromatic nitrogens is 3. The number of hydrogen-bond donors (Lipinski definition) is 2. The average Bonchev–Trinajstić information content (AvgIpc) is 3.10. The molecule has 2 N–H and O–H groups in total. The molecule has 0 fully saturated rings. The lowest BCUT2D eigenvalue weighted by Gasteiger charge is -2.06. The fourth-order valence-corrected chi connectivity index (χ4v) is 2.57. The minimum absolute atomic E-state index is 0.0750. The lowest BCUT2D eigenvalue weighted by molar-refractivity contribution is 0.0952. The molecule has 0 aliphatic heterocycles. The largest absolute Gasteiger partial charge is 0.361 e. The van der Waals surface area contributed by atoms with Crippen LogP contribution in [0.25, 0.3) is 10.9 Å². The number of carbonyl (C=O) groups excluding carboxylic acids is 1. The molecule has 0 unspecified atom stereocenters. The number of benzene rings is 1. The number of amides is 1. The van der Waals surface area contributed by atoms with E-state index in [1.54, 1.807) is 4.68 Å². The SMILES string of the molecule is CCc1nn(C)cc1CNC(=O)c1cccc2cc[nH]c12. The predicted molar refractivity (Wildman–Crippen MR) is 82.1 cm³/mol. The molecule has 1 amide bonds. The van der Waals surface area contributed by atoms with Crippen LogP contribution in [-0.4, -0.2) is 20.7 Å². The Labute approximate surface area is 123 Å². The molecule has 0 aliphatic rings. The zero-order valence-electron chi connectivity index (χ0n) is 12.2. The minimum atomic E-state index is -0.0750. The Morgan fingerprint density at radius 2 is 2.24 bits per heavy atom. The van der Waals surface area contributed by atoms with Gasteiger partial charge in [-0.15, -0.1) is 0 Å². The van der Waals surface area contributed by atoms with Gasteiger partial charge in [0.15, 0.2) is 0 Å². The fraction of sp³-hybridized carbons (Fsp3) is 0.250. The van der Waals surface area contributed by atoms with Crippen LogP contribution < -0.4 is 5.32 Å². The molecule has 21 heavy (non-hydrogen) atoms. The third kappa shape index (κ3) is 2.54. The second-order valence-electron chi connectivity index (χ2n) is 5.06. The Balaban J connectivity index is 1.79. The van der Waals surface area contributed by atoms with Crippen LogP contribution in [0, 0.1) is 0 Å². The van der Waals surface area contributed by atoms with Crippen LogP contribution in [0.4, 0.5) is 0 Å². The monoisotopic (exact) mass is 282 g/mol. The maximum absolute atomic E-state index is 12.4. The van der Waals surface area contributed by atoms with Crippen molar-refractivity contribution in [3.05, 3.63) is 53.5 Å². The van der Waals surface area contributed by atoms with Crippen molar-refractivity contribution < 1.29 is 4.79 Å². The Hall–Kier alpha value is -2.56. The first-order chi connectivity index (χ1) is 10.2. The number of aromatic amines is 1. The lowest BCUT2D eigenvalue weighted by Crippen LogP contribution is -2.23. The molecule has 0 bridgehead atoms. The molecule has 2 aromatic heterocycles. The van der Waals surface area contributed by atoms with E-state index >= 15 is 0 Å². The highest BCUT2D eigenvalue weighted by Crippen LogP contribution is 2.17. The third-order valence-electron chi connectivity index (χ3n) is 3.60. The molecule has 0 atom stereocenters. The van der Waals surface area contributed by atoms with Crippen LogP contribution >= 0.6 is 0 Å². The van der Waals surface area contributed by atoms with Gasteiger partial charge in [0.25, 0.3) is 5.91 Å². The van der Waals surface area contributed by atoms with E-state index in [1.807, 2.05) is 43.7 Å². The van der Waals surface area contributed by atoms with Gasteiger partial charge < -0.3 is 10.3 Å². The number of nitrogens with zero attached hydrogens (tertiary/aromatic N) is 2. The summed E-state index contributed by atoms with van der Waals surface area (Å²) in [5, 5.41) is 8.39. The van der Waals surface area contributed by atoms with E-state index in [1.165, 1.54) is 0 Å². The van der Waals surface area contributed by atoms with E-state index in [-0.39, 0.29) is 5.91 Å². The van der Waals surface area contributed by atoms with Crippen molar-refractivity contribution in [3.8, 4) is 0 Å². The van der Waals surface area contributed by atoms with Gasteiger partial charge in [-0.2, -0.15) is 5.10 Å². The molecule has 5 heteroatoms. The third-order valence-corrected chi connectivity index (χ3v) is 3.60. The second-order valence-corrected chi connectivity index (χ2v) is 5.06. The van der Waals surface area contributed by atoms with Crippen molar-refractivity contribution in [2.24, 2.45) is 7.05 Å². The van der Waals surface area contributed by atoms with Crippen LogP contribution in [0.1, 0.15) is 28.5 Å². The van der Waals surface area contributed by atoms with Crippen LogP contribution in [0.2, 0.25) is 0 Å². The fourth-order valence-electron chi connectivity index (χ4n) is 2.57. The summed E-state index contributed by atoms with van der Waals surface area (Å²) in [6.45, 7) is 2.56. The number of rotatable bonds is 4. The zero-order chi connectivity index (χ0) is 14.8. The lowest BCUT2D eigenvalue weighted by atomic mass is 10.1. The maximum atomic E-state index is 12.4. The normalized spacial score (nSPS) is 11.0. The Bertz CT molecular complexity index is 785. The second kappa shape index (κ2) is 5.44. The van der Waals surface area contributed by atoms with Crippen LogP contribution in [0.3, 0.4) is 0 Å². The summed E-state index contributed by atoms with van der Waals surface area (Å²) in [5.41, 5.74) is 3.62. The molecule has 0 saturated heterocycles. The maximum Gasteiger partial charge on any atom is 0.253 e. The Morgan fingerprint density at radius 1 is 1.38 bits per heavy atom. The van der Waals surface area contributed by atoms with Crippen LogP contribution in [0.5, 0.6) is 0 Å². The van der Waals surface area contributed by atoms with E-state index in [9.17, 15) is 4.79 Å². The smallest absolute Gasteiger partial charge is 0.253 e. The molecule has 108 valence electrons. The molecule has 1 aromatic carbocycles. The number of H-pyrrole nitrogens is 1. The van der Waals surface area contributed by atoms with Gasteiger partial charge in [0.05, 0.1) is 16.8 Å². The molecule has 3 aromatic rings. The molecule has 0 spiro atoms. The highest BCUT2D eigenvalue weighted by atomic mass is 16.1. The van der Waals surface area contributed by atoms with E-state index in [0.29, 0.717) is 12.1 Å². The first kappa shape index (κ1) is 13.4. The van der Waals surface area contributed by atoms with Gasteiger partial charge in [-0.25, -0.2) is 0 Å². The molecule has 0 aliphatic carbocycles. The van der Waals surface area contributed by atoms with Crippen molar-refractivity contribution in [2.75, 3.05) is 0 Å². The predicted octanol–water partition coefficient (Wildman–Crippen LogP) is 2.39. The quantitative estimate of drug-likeness (QED) is 0.772. The van der Waals surface area contributed by atoms with Gasteiger partial charge in [-0.05, 0) is 18.6 Å². The van der Waals surface area contributed by atoms with Crippen LogP contribution in [0.15, 0.2) is 36.7 Å². The molecule has 2 heterocycles. The summed E-state index contributed by atoms with van der Waals surface area (Å²) < 4.78 is 1.78. The van der Waals surface area contributed by atoms with E-state index in [2.05, 4.69) is 22.3 Å². The highest BCUT2D eigenvalue weighted by Gasteiger charge is 2.12. The molecule has 0 saturated carbocycles. The summed E-state index contributed by atoms with van der Waals surface area (Å²) >= 11 is 0.